The molecule has 0 bridgehead atoms. The van der Waals surface area contributed by atoms with Gasteiger partial charge >= 0.3 is 0 Å². The van der Waals surface area contributed by atoms with Gasteiger partial charge in [0.05, 0.1) is 0 Å². The number of ether oxygens (including phenoxy) is 1. The van der Waals surface area contributed by atoms with Gasteiger partial charge in [-0.1, -0.05) is 0 Å². The Bertz CT molecular complexity index is 179. The monoisotopic (exact) mass is 200 g/mol. The zero-order chi connectivity index (χ0) is 10.4. The Morgan fingerprint density at radius 1 is 1.57 bits per heavy atom. The minimum absolute atomic E-state index is 0.245. The zero-order valence-electron chi connectivity index (χ0n) is 8.87. The van der Waals surface area contributed by atoms with Crippen LogP contribution in [0.1, 0.15) is 19.8 Å². The van der Waals surface area contributed by atoms with Crippen LogP contribution in [0, 0.1) is 5.92 Å². The number of carbonyl (C=O) groups excluding carboxylic acids is 1. The van der Waals surface area contributed by atoms with Crippen molar-refractivity contribution in [3.05, 3.63) is 0 Å². The molecule has 0 radical (unpaired) electrons. The van der Waals surface area contributed by atoms with E-state index in [0.717, 1.165) is 26.1 Å². The standard InChI is InChI=1S/C10H20N2O2/c1-2-14-5-3-4-10(13)12-7-9(6-11)8-12/h9H,2-8,11H2,1H3. The van der Waals surface area contributed by atoms with Gasteiger partial charge in [0, 0.05) is 38.6 Å². The minimum atomic E-state index is 0.245. The summed E-state index contributed by atoms with van der Waals surface area (Å²) in [5.74, 6) is 0.778. The average molecular weight is 200 g/mol. The topological polar surface area (TPSA) is 55.6 Å². The fourth-order valence-corrected chi connectivity index (χ4v) is 1.55. The molecule has 4 nitrogen and oxygen atoms in total. The van der Waals surface area contributed by atoms with Crippen LogP contribution in [0.25, 0.3) is 0 Å². The molecular formula is C10H20N2O2. The van der Waals surface area contributed by atoms with Crippen LogP contribution < -0.4 is 5.73 Å². The van der Waals surface area contributed by atoms with E-state index in [1.807, 2.05) is 11.8 Å². The molecule has 0 saturated carbocycles. The summed E-state index contributed by atoms with van der Waals surface area (Å²) in [7, 11) is 0. The Morgan fingerprint density at radius 2 is 2.29 bits per heavy atom. The van der Waals surface area contributed by atoms with E-state index in [-0.39, 0.29) is 5.91 Å². The number of hydrogen-bond acceptors (Lipinski definition) is 3. The third kappa shape index (κ3) is 3.27. The molecule has 0 aliphatic carbocycles. The molecule has 0 atom stereocenters. The number of nitrogens with two attached hydrogens (primary N) is 1. The van der Waals surface area contributed by atoms with Crippen LogP contribution in [-0.4, -0.2) is 43.7 Å². The van der Waals surface area contributed by atoms with Crippen LogP contribution in [0.3, 0.4) is 0 Å². The fourth-order valence-electron chi connectivity index (χ4n) is 1.55. The first-order valence-electron chi connectivity index (χ1n) is 5.33. The van der Waals surface area contributed by atoms with Crippen molar-refractivity contribution in [3.63, 3.8) is 0 Å². The van der Waals surface area contributed by atoms with E-state index in [4.69, 9.17) is 10.5 Å². The van der Waals surface area contributed by atoms with Crippen molar-refractivity contribution in [2.75, 3.05) is 32.8 Å². The molecule has 1 heterocycles. The van der Waals surface area contributed by atoms with Gasteiger partial charge in [0.1, 0.15) is 0 Å². The van der Waals surface area contributed by atoms with Crippen molar-refractivity contribution in [2.45, 2.75) is 19.8 Å². The number of hydrogen-bond donors (Lipinski definition) is 1. The summed E-state index contributed by atoms with van der Waals surface area (Å²) in [5, 5.41) is 0. The molecule has 14 heavy (non-hydrogen) atoms. The predicted octanol–water partition coefficient (Wildman–Crippen LogP) is 0.220. The highest BCUT2D eigenvalue weighted by molar-refractivity contribution is 5.76. The lowest BCUT2D eigenvalue weighted by Gasteiger charge is -2.38. The normalized spacial score (nSPS) is 16.9. The Morgan fingerprint density at radius 3 is 2.86 bits per heavy atom. The van der Waals surface area contributed by atoms with E-state index >= 15 is 0 Å². The van der Waals surface area contributed by atoms with Crippen molar-refractivity contribution in [1.29, 1.82) is 0 Å². The van der Waals surface area contributed by atoms with Crippen LogP contribution in [0.2, 0.25) is 0 Å². The van der Waals surface area contributed by atoms with Crippen LogP contribution >= 0.6 is 0 Å². The number of likely N-dealkylation sites (tertiary alicyclic amines) is 1. The van der Waals surface area contributed by atoms with Gasteiger partial charge in [-0.2, -0.15) is 0 Å². The van der Waals surface area contributed by atoms with Crippen molar-refractivity contribution in [1.82, 2.24) is 4.90 Å². The third-order valence-corrected chi connectivity index (χ3v) is 2.53. The molecule has 0 spiro atoms. The molecule has 0 aromatic carbocycles. The molecule has 0 aromatic rings. The first-order chi connectivity index (χ1) is 6.77. The van der Waals surface area contributed by atoms with E-state index in [1.165, 1.54) is 0 Å². The summed E-state index contributed by atoms with van der Waals surface area (Å²) < 4.78 is 5.17. The number of carbonyl (C=O) groups is 1. The largest absolute Gasteiger partial charge is 0.382 e. The second-order valence-electron chi connectivity index (χ2n) is 3.70. The van der Waals surface area contributed by atoms with Crippen molar-refractivity contribution < 1.29 is 9.53 Å². The van der Waals surface area contributed by atoms with Crippen molar-refractivity contribution >= 4 is 5.91 Å². The Kier molecular flexibility index (Phi) is 4.90. The zero-order valence-corrected chi connectivity index (χ0v) is 8.87. The van der Waals surface area contributed by atoms with Gasteiger partial charge in [0.2, 0.25) is 5.91 Å². The predicted molar refractivity (Wildman–Crippen MR) is 54.9 cm³/mol. The summed E-state index contributed by atoms with van der Waals surface area (Å²) >= 11 is 0. The van der Waals surface area contributed by atoms with Gasteiger partial charge in [-0.3, -0.25) is 4.79 Å². The van der Waals surface area contributed by atoms with E-state index in [1.54, 1.807) is 0 Å². The average Bonchev–Trinajstić information content (AvgIpc) is 2.11. The van der Waals surface area contributed by atoms with E-state index < -0.39 is 0 Å². The Labute approximate surface area is 85.4 Å². The maximum absolute atomic E-state index is 11.5. The maximum atomic E-state index is 11.5. The molecule has 2 N–H and O–H groups in total. The molecule has 4 heteroatoms. The quantitative estimate of drug-likeness (QED) is 0.624. The summed E-state index contributed by atoms with van der Waals surface area (Å²) in [6.07, 6.45) is 1.44. The second-order valence-corrected chi connectivity index (χ2v) is 3.70. The maximum Gasteiger partial charge on any atom is 0.222 e. The smallest absolute Gasteiger partial charge is 0.222 e. The number of nitrogens with zero attached hydrogens (tertiary/aromatic N) is 1. The molecule has 1 aliphatic heterocycles. The molecule has 1 rings (SSSR count). The lowest BCUT2D eigenvalue weighted by molar-refractivity contribution is -0.137. The van der Waals surface area contributed by atoms with Gasteiger partial charge in [0.25, 0.3) is 0 Å². The molecule has 0 unspecified atom stereocenters. The minimum Gasteiger partial charge on any atom is -0.382 e. The summed E-state index contributed by atoms with van der Waals surface area (Å²) in [4.78, 5) is 13.4. The van der Waals surface area contributed by atoms with Gasteiger partial charge in [-0.05, 0) is 19.9 Å². The molecular weight excluding hydrogens is 180 g/mol. The highest BCUT2D eigenvalue weighted by Gasteiger charge is 2.28. The number of amides is 1. The Balaban J connectivity index is 2.00. The lowest BCUT2D eigenvalue weighted by atomic mass is 10.00. The van der Waals surface area contributed by atoms with Gasteiger partial charge in [-0.25, -0.2) is 0 Å². The van der Waals surface area contributed by atoms with E-state index in [2.05, 4.69) is 0 Å². The van der Waals surface area contributed by atoms with Crippen LogP contribution in [0.4, 0.5) is 0 Å². The van der Waals surface area contributed by atoms with Gasteiger partial charge in [0.15, 0.2) is 0 Å². The van der Waals surface area contributed by atoms with Gasteiger partial charge < -0.3 is 15.4 Å². The lowest BCUT2D eigenvalue weighted by Crippen LogP contribution is -2.52. The van der Waals surface area contributed by atoms with E-state index in [0.29, 0.717) is 25.5 Å². The summed E-state index contributed by atoms with van der Waals surface area (Å²) in [5.41, 5.74) is 5.48. The summed E-state index contributed by atoms with van der Waals surface area (Å²) in [6, 6.07) is 0. The first-order valence-corrected chi connectivity index (χ1v) is 5.33. The van der Waals surface area contributed by atoms with Gasteiger partial charge in [-0.15, -0.1) is 0 Å². The molecule has 1 fully saturated rings. The molecule has 1 saturated heterocycles. The van der Waals surface area contributed by atoms with E-state index in [9.17, 15) is 4.79 Å². The summed E-state index contributed by atoms with van der Waals surface area (Å²) in [6.45, 7) is 5.78. The van der Waals surface area contributed by atoms with Crippen LogP contribution in [0.15, 0.2) is 0 Å². The highest BCUT2D eigenvalue weighted by Crippen LogP contribution is 2.15. The molecule has 82 valence electrons. The number of rotatable bonds is 6. The first kappa shape index (κ1) is 11.5. The molecule has 0 aromatic heterocycles. The SMILES string of the molecule is CCOCCCC(=O)N1CC(CN)C1. The van der Waals surface area contributed by atoms with Crippen LogP contribution in [-0.2, 0) is 9.53 Å². The second kappa shape index (κ2) is 5.98. The molecule has 1 amide bonds. The van der Waals surface area contributed by atoms with Crippen molar-refractivity contribution in [3.8, 4) is 0 Å². The van der Waals surface area contributed by atoms with Crippen LogP contribution in [0.5, 0.6) is 0 Å². The highest BCUT2D eigenvalue weighted by atomic mass is 16.5. The van der Waals surface area contributed by atoms with Crippen molar-refractivity contribution in [2.24, 2.45) is 11.7 Å². The fraction of sp³-hybridized carbons (Fsp3) is 0.900. The third-order valence-electron chi connectivity index (χ3n) is 2.53. The Hall–Kier alpha value is -0.610. The molecule has 1 aliphatic rings.